The van der Waals surface area contributed by atoms with Crippen molar-refractivity contribution in [1.82, 2.24) is 97.7 Å². The van der Waals surface area contributed by atoms with Crippen LogP contribution in [-0.4, -0.2) is 199 Å². The average Bonchev–Trinajstić information content (AvgIpc) is 1.64. The van der Waals surface area contributed by atoms with E-state index in [9.17, 15) is 54.8 Å². The van der Waals surface area contributed by atoms with Crippen LogP contribution in [0.5, 0.6) is 0 Å². The number of hydrogen-bond donors (Lipinski definition) is 17. The van der Waals surface area contributed by atoms with Gasteiger partial charge in [0, 0.05) is 17.8 Å². The number of halogens is 1. The Kier molecular flexibility index (Phi) is 18.3. The highest BCUT2D eigenvalue weighted by molar-refractivity contribution is 5.82. The number of hydrogen-bond acceptors (Lipinski definition) is 35. The third kappa shape index (κ3) is 10.9. The minimum Gasteiger partial charge on any atom is -0.391 e. The number of nitrogens with one attached hydrogen (secondary N) is 6. The summed E-state index contributed by atoms with van der Waals surface area (Å²) in [5.74, 6) is -2.29. The summed E-state index contributed by atoms with van der Waals surface area (Å²) in [5.41, 5.74) is 38.4. The number of H-pyrrole nitrogens is 2. The first-order valence-electron chi connectivity index (χ1n) is 26.3. The van der Waals surface area contributed by atoms with Crippen LogP contribution >= 0.6 is 0 Å². The van der Waals surface area contributed by atoms with Crippen LogP contribution in [0.1, 0.15) is 45.7 Å². The van der Waals surface area contributed by atoms with Crippen LogP contribution in [-0.2, 0) is 18.9 Å². The van der Waals surface area contributed by atoms with Gasteiger partial charge >= 0.3 is 0 Å². The maximum atomic E-state index is 13.5. The molecule has 476 valence electrons. The number of alkyl halides is 1. The molecule has 46 heteroatoms. The van der Waals surface area contributed by atoms with Crippen molar-refractivity contribution in [2.24, 2.45) is 44.1 Å². The summed E-state index contributed by atoms with van der Waals surface area (Å²) < 4.78 is 41.9. The zero-order chi connectivity index (χ0) is 65.2. The topological polar surface area (TPSA) is 692 Å². The number of nitrogens with zero attached hydrogens (tertiary/aromatic N) is 22. The number of fused-ring (bicyclic) bond motifs is 4. The summed E-state index contributed by atoms with van der Waals surface area (Å²) in [6.45, 7) is 1.43. The Hall–Kier alpha value is -10.1. The molecule has 0 aliphatic carbocycles. The molecule has 90 heavy (non-hydrogen) atoms. The van der Waals surface area contributed by atoms with Gasteiger partial charge in [0.1, 0.15) is 122 Å². The van der Waals surface area contributed by atoms with Crippen LogP contribution in [0.15, 0.2) is 74.3 Å². The first-order chi connectivity index (χ1) is 43.1. The fourth-order valence-electron chi connectivity index (χ4n) is 10.7. The lowest BCUT2D eigenvalue weighted by molar-refractivity contribution is -0.126. The summed E-state index contributed by atoms with van der Waals surface area (Å²) in [7, 11) is 0. The minimum atomic E-state index is -1.92. The predicted molar refractivity (Wildman–Crippen MR) is 290 cm³/mol. The number of imidazole rings is 4. The van der Waals surface area contributed by atoms with Gasteiger partial charge < -0.3 is 82.0 Å². The molecule has 16 atom stereocenters. The highest BCUT2D eigenvalue weighted by Crippen LogP contribution is 2.46. The standard InChI is InChI=1S/C11H14FN8O3.C11H14N8O4.C11H15N8O3.C11H13N7O4/c12-1-5-7(22)11(2-21,18-19-14)23-10(5)20-4-17-6-8(13)15-3-16-9(6)20;1-4-6(21)11(2-20,17-18-13)23-9(4)19-3-14-5-7(19)15-10(12)16-8(5)22;1-5-7(21)11(2-20,17-18-13)22-10(5)19-4-16-6-8(12)14-3-15-9(6)19;1-5-7(20)11(2-19,16-17-12)22-10(5)18-4-15-6-8(18)13-3-14-9(6)21/h3-5,7,10,14,21-22H,1-2H2,(H2,13,15,16);3-4,6,9,13,20-21H,2H2,1H3,(H2-,12,15,16,22);3-5,7,10,13,20-21H,2H2,1H3,(H2,12,14,15);3-5,7,10,12,19-20H,2H2,1H3/q+1;;+1;/p+2/t5-,7-,10+,11+;4-,6-,9+,11+;2*5-,7-,10+,11+/m0000/s1. The molecule has 0 radical (unpaired) electrons. The highest BCUT2D eigenvalue weighted by atomic mass is 19.1. The number of nitrogens with two attached hydrogens (primary N) is 3. The molecule has 0 unspecified atom stereocenters. The molecular weight excluding hydrogens is 1210 g/mol. The molecule has 20 N–H and O–H groups in total. The van der Waals surface area contributed by atoms with Crippen LogP contribution in [0, 0.1) is 45.8 Å². The molecule has 12 heterocycles. The van der Waals surface area contributed by atoms with Gasteiger partial charge in [0.05, 0.1) is 44.2 Å². The van der Waals surface area contributed by atoms with Gasteiger partial charge in [0.15, 0.2) is 65.7 Å². The lowest BCUT2D eigenvalue weighted by atomic mass is 9.97. The van der Waals surface area contributed by atoms with Gasteiger partial charge in [-0.2, -0.15) is 4.98 Å². The van der Waals surface area contributed by atoms with Gasteiger partial charge in [-0.3, -0.25) is 37.2 Å². The molecule has 4 aliphatic rings. The van der Waals surface area contributed by atoms with Gasteiger partial charge in [-0.05, 0) is 0 Å². The Morgan fingerprint density at radius 1 is 0.522 bits per heavy atom. The smallest absolute Gasteiger partial charge is 0.293 e. The molecule has 8 aromatic rings. The first kappa shape index (κ1) is 64.4. The number of aromatic amines is 2. The van der Waals surface area contributed by atoms with E-state index in [1.165, 1.54) is 58.0 Å². The zero-order valence-electron chi connectivity index (χ0n) is 47.0. The minimum absolute atomic E-state index is 0.0631. The first-order valence-corrected chi connectivity index (χ1v) is 26.3. The van der Waals surface area contributed by atoms with E-state index in [0.29, 0.717) is 16.7 Å². The Morgan fingerprint density at radius 2 is 0.867 bits per heavy atom. The maximum Gasteiger partial charge on any atom is 0.293 e. The second-order valence-electron chi connectivity index (χ2n) is 20.5. The normalized spacial score (nSPS) is 30.9. The Morgan fingerprint density at radius 3 is 1.26 bits per heavy atom. The summed E-state index contributed by atoms with van der Waals surface area (Å²) in [6, 6.07) is 0. The largest absolute Gasteiger partial charge is 0.391 e. The summed E-state index contributed by atoms with van der Waals surface area (Å²) in [6.07, 6.45) is 0.812. The lowest BCUT2D eigenvalue weighted by Gasteiger charge is -2.18. The molecular formula is C44H58FN31O14+4. The maximum absolute atomic E-state index is 13.5. The fourth-order valence-corrected chi connectivity index (χ4v) is 10.7. The summed E-state index contributed by atoms with van der Waals surface area (Å²) in [4.78, 5) is 79.7. The third-order valence-electron chi connectivity index (χ3n) is 15.4. The van der Waals surface area contributed by atoms with Gasteiger partial charge in [-0.25, -0.2) is 44.9 Å². The van der Waals surface area contributed by atoms with E-state index in [-0.39, 0.29) is 45.6 Å². The van der Waals surface area contributed by atoms with E-state index in [4.69, 9.17) is 58.3 Å². The number of aliphatic hydroxyl groups is 8. The van der Waals surface area contributed by atoms with E-state index in [1.54, 1.807) is 25.3 Å². The summed E-state index contributed by atoms with van der Waals surface area (Å²) in [5, 5.41) is 93.2. The van der Waals surface area contributed by atoms with Crippen molar-refractivity contribution in [1.29, 1.82) is 22.1 Å². The second kappa shape index (κ2) is 25.5. The molecule has 8 aromatic heterocycles. The van der Waals surface area contributed by atoms with Gasteiger partial charge in [0.25, 0.3) is 34.0 Å². The number of aromatic nitrogens is 16. The number of rotatable bonds is 13. The SMILES string of the molecule is C[C@@H]1[C@H](n2cnc3c(=O)[nH]c(N)nc32)O[C@@](CO)(N=[N+]=N)[C@H]1O.C[C@@H]1[C@H](n2cnc3c(=O)[nH]cnc32)O[C@@](CO)(N=[N+]=N)[C@H]1O.C[C@@H]1[C@H](n2cnc3c(N)ncnc32)O[C@@](CO)(N=[N+]=N)[C@H]1O.N=[N+]=N[C@]1(CO)O[C@@H](n2cnc3c(N)ncnc32)[C@@H](CF)[C@@H]1O. The van der Waals surface area contributed by atoms with Gasteiger partial charge in [-0.15, -0.1) is 0 Å². The van der Waals surface area contributed by atoms with Crippen LogP contribution < -0.4 is 48.0 Å². The van der Waals surface area contributed by atoms with Crippen LogP contribution in [0.25, 0.3) is 44.7 Å². The van der Waals surface area contributed by atoms with Crippen molar-refractivity contribution in [3.05, 3.63) is 65.0 Å². The quantitative estimate of drug-likeness (QED) is 0.0383. The summed E-state index contributed by atoms with van der Waals surface area (Å²) >= 11 is 0. The molecule has 4 aliphatic heterocycles. The van der Waals surface area contributed by atoms with Crippen molar-refractivity contribution in [2.45, 2.75) is 93.0 Å². The van der Waals surface area contributed by atoms with Crippen molar-refractivity contribution < 1.29 is 64.2 Å². The molecule has 4 fully saturated rings. The number of aliphatic hydroxyl groups excluding tert-OH is 8. The molecule has 0 aromatic carbocycles. The van der Waals surface area contributed by atoms with Crippen LogP contribution in [0.4, 0.5) is 22.0 Å². The second-order valence-corrected chi connectivity index (χ2v) is 20.5. The lowest BCUT2D eigenvalue weighted by Crippen LogP contribution is -2.43. The molecule has 4 saturated heterocycles. The Labute approximate surface area is 497 Å². The molecule has 0 bridgehead atoms. The third-order valence-corrected chi connectivity index (χ3v) is 15.4. The number of nitrogen functional groups attached to an aromatic ring is 3. The van der Waals surface area contributed by atoms with Crippen LogP contribution in [0.3, 0.4) is 0 Å². The molecule has 0 amide bonds. The average molecular weight is 1260 g/mol. The molecule has 12 rings (SSSR count). The van der Waals surface area contributed by atoms with E-state index in [1.807, 2.05) is 0 Å². The van der Waals surface area contributed by atoms with Gasteiger partial charge in [0.2, 0.25) is 25.6 Å². The predicted octanol–water partition coefficient (Wildman–Crippen LogP) is -4.35. The molecule has 0 saturated carbocycles. The Bertz CT molecular complexity index is 4270. The molecule has 45 nitrogen and oxygen atoms in total. The monoisotopic (exact) mass is 1260 g/mol. The number of anilines is 3. The van der Waals surface area contributed by atoms with E-state index >= 15 is 0 Å². The van der Waals surface area contributed by atoms with Crippen molar-refractivity contribution in [2.75, 3.05) is 50.3 Å². The van der Waals surface area contributed by atoms with E-state index < -0.39 is 140 Å². The van der Waals surface area contributed by atoms with E-state index in [2.05, 4.69) is 99.9 Å². The van der Waals surface area contributed by atoms with Crippen molar-refractivity contribution in [3.8, 4) is 0 Å². The fraction of sp³-hybridized carbons (Fsp3) is 0.545. The molecule has 0 spiro atoms. The van der Waals surface area contributed by atoms with E-state index in [0.717, 1.165) is 0 Å². The zero-order valence-corrected chi connectivity index (χ0v) is 47.0. The van der Waals surface area contributed by atoms with Crippen LogP contribution in [0.2, 0.25) is 0 Å². The van der Waals surface area contributed by atoms with Crippen molar-refractivity contribution in [3.63, 3.8) is 0 Å². The number of ether oxygens (including phenoxy) is 4. The highest BCUT2D eigenvalue weighted by Gasteiger charge is 2.62. The van der Waals surface area contributed by atoms with Gasteiger partial charge in [-0.1, -0.05) is 20.8 Å². The van der Waals surface area contributed by atoms with Crippen molar-refractivity contribution >= 4 is 62.2 Å². The Balaban J connectivity index is 0.000000142.